The summed E-state index contributed by atoms with van der Waals surface area (Å²) in [5, 5.41) is 3.15. The fourth-order valence-corrected chi connectivity index (χ4v) is 3.95. The molecule has 0 bridgehead atoms. The fourth-order valence-electron chi connectivity index (χ4n) is 3.08. The lowest BCUT2D eigenvalue weighted by Gasteiger charge is -2.39. The van der Waals surface area contributed by atoms with Gasteiger partial charge in [0.1, 0.15) is 0 Å². The van der Waals surface area contributed by atoms with E-state index in [1.165, 1.54) is 4.90 Å². The van der Waals surface area contributed by atoms with E-state index in [1.807, 2.05) is 18.2 Å². The van der Waals surface area contributed by atoms with E-state index in [0.717, 1.165) is 25.0 Å². The molecule has 2 fully saturated rings. The van der Waals surface area contributed by atoms with E-state index in [9.17, 15) is 4.79 Å². The maximum absolute atomic E-state index is 12.1. The molecule has 1 aliphatic heterocycles. The minimum atomic E-state index is 0.142. The van der Waals surface area contributed by atoms with Crippen molar-refractivity contribution < 1.29 is 14.3 Å². The molecule has 1 N–H and O–H groups in total. The monoisotopic (exact) mass is 321 g/mol. The number of amides is 1. The summed E-state index contributed by atoms with van der Waals surface area (Å²) < 4.78 is 11.5. The molecule has 120 valence electrons. The Hall–Kier alpha value is -1.04. The van der Waals surface area contributed by atoms with Gasteiger partial charge < -0.3 is 14.8 Å². The number of hydrogen-bond donors (Lipinski definition) is 1. The molecule has 2 aliphatic rings. The van der Waals surface area contributed by atoms with Crippen LogP contribution in [0.5, 0.6) is 0 Å². The van der Waals surface area contributed by atoms with Crippen molar-refractivity contribution in [2.75, 3.05) is 19.0 Å². The van der Waals surface area contributed by atoms with Gasteiger partial charge in [-0.2, -0.15) is 0 Å². The molecule has 1 aliphatic carbocycles. The SMILES string of the molecule is O=C(CCSc1ccccc1)N[C@@H]1CC[C@H]2OCCO[C@@H]2C1. The van der Waals surface area contributed by atoms with Crippen molar-refractivity contribution in [2.45, 2.75) is 48.8 Å². The summed E-state index contributed by atoms with van der Waals surface area (Å²) in [5.41, 5.74) is 0. The molecule has 0 radical (unpaired) electrons. The van der Waals surface area contributed by atoms with Gasteiger partial charge in [0.05, 0.1) is 25.4 Å². The standard InChI is InChI=1S/C17H23NO3S/c19-17(8-11-22-14-4-2-1-3-5-14)18-13-6-7-15-16(12-13)21-10-9-20-15/h1-5,13,15-16H,6-12H2,(H,18,19)/t13-,15-,16-/m1/s1. The number of fused-ring (bicyclic) bond motifs is 1. The summed E-state index contributed by atoms with van der Waals surface area (Å²) in [4.78, 5) is 13.3. The average molecular weight is 321 g/mol. The third-order valence-electron chi connectivity index (χ3n) is 4.18. The quantitative estimate of drug-likeness (QED) is 0.847. The van der Waals surface area contributed by atoms with Gasteiger partial charge in [-0.1, -0.05) is 18.2 Å². The first-order chi connectivity index (χ1) is 10.8. The van der Waals surface area contributed by atoms with Gasteiger partial charge in [-0.3, -0.25) is 4.79 Å². The Bertz CT molecular complexity index is 482. The van der Waals surface area contributed by atoms with Crippen molar-refractivity contribution >= 4 is 17.7 Å². The van der Waals surface area contributed by atoms with E-state index >= 15 is 0 Å². The number of hydrogen-bond acceptors (Lipinski definition) is 4. The van der Waals surface area contributed by atoms with Crippen LogP contribution in [0.15, 0.2) is 35.2 Å². The Balaban J connectivity index is 1.37. The summed E-state index contributed by atoms with van der Waals surface area (Å²) in [6, 6.07) is 10.4. The second kappa shape index (κ2) is 7.99. The number of benzene rings is 1. The van der Waals surface area contributed by atoms with Gasteiger partial charge in [-0.05, 0) is 31.4 Å². The van der Waals surface area contributed by atoms with Crippen LogP contribution in [0.4, 0.5) is 0 Å². The van der Waals surface area contributed by atoms with Crippen LogP contribution in [0.2, 0.25) is 0 Å². The Kier molecular flexibility index (Phi) is 5.76. The largest absolute Gasteiger partial charge is 0.373 e. The van der Waals surface area contributed by atoms with Crippen molar-refractivity contribution in [1.82, 2.24) is 5.32 Å². The molecule has 4 nitrogen and oxygen atoms in total. The lowest BCUT2D eigenvalue weighted by atomic mass is 9.89. The van der Waals surface area contributed by atoms with Crippen molar-refractivity contribution in [2.24, 2.45) is 0 Å². The van der Waals surface area contributed by atoms with E-state index in [4.69, 9.17) is 9.47 Å². The molecular formula is C17H23NO3S. The van der Waals surface area contributed by atoms with Crippen LogP contribution in [-0.2, 0) is 14.3 Å². The third kappa shape index (κ3) is 4.48. The summed E-state index contributed by atoms with van der Waals surface area (Å²) in [6.45, 7) is 1.38. The van der Waals surface area contributed by atoms with Crippen LogP contribution in [0.1, 0.15) is 25.7 Å². The summed E-state index contributed by atoms with van der Waals surface area (Å²) >= 11 is 1.72. The molecule has 3 rings (SSSR count). The molecule has 3 atom stereocenters. The molecule has 1 aromatic rings. The average Bonchev–Trinajstić information content (AvgIpc) is 2.56. The van der Waals surface area contributed by atoms with Crippen molar-refractivity contribution in [3.8, 4) is 0 Å². The number of thioether (sulfide) groups is 1. The Labute approximate surface area is 135 Å². The van der Waals surface area contributed by atoms with Crippen LogP contribution in [0, 0.1) is 0 Å². The Morgan fingerprint density at radius 2 is 1.91 bits per heavy atom. The highest BCUT2D eigenvalue weighted by molar-refractivity contribution is 7.99. The molecule has 1 saturated heterocycles. The molecule has 1 heterocycles. The molecule has 0 unspecified atom stereocenters. The highest BCUT2D eigenvalue weighted by Crippen LogP contribution is 2.27. The second-order valence-corrected chi connectivity index (χ2v) is 6.98. The lowest BCUT2D eigenvalue weighted by Crippen LogP contribution is -2.49. The first-order valence-corrected chi connectivity index (χ1v) is 9.00. The Morgan fingerprint density at radius 1 is 1.14 bits per heavy atom. The van der Waals surface area contributed by atoms with Gasteiger partial charge in [0, 0.05) is 23.1 Å². The van der Waals surface area contributed by atoms with Gasteiger partial charge in [0.15, 0.2) is 0 Å². The predicted octanol–water partition coefficient (Wildman–Crippen LogP) is 2.62. The van der Waals surface area contributed by atoms with Crippen LogP contribution < -0.4 is 5.32 Å². The van der Waals surface area contributed by atoms with Gasteiger partial charge in [-0.15, -0.1) is 11.8 Å². The maximum atomic E-state index is 12.1. The van der Waals surface area contributed by atoms with Crippen LogP contribution in [-0.4, -0.2) is 43.1 Å². The van der Waals surface area contributed by atoms with Crippen molar-refractivity contribution in [1.29, 1.82) is 0 Å². The van der Waals surface area contributed by atoms with E-state index in [-0.39, 0.29) is 24.2 Å². The van der Waals surface area contributed by atoms with Gasteiger partial charge in [0.25, 0.3) is 0 Å². The third-order valence-corrected chi connectivity index (χ3v) is 5.20. The van der Waals surface area contributed by atoms with Crippen molar-refractivity contribution in [3.63, 3.8) is 0 Å². The zero-order valence-corrected chi connectivity index (χ0v) is 13.5. The molecule has 22 heavy (non-hydrogen) atoms. The molecule has 1 saturated carbocycles. The number of ether oxygens (including phenoxy) is 2. The number of rotatable bonds is 5. The van der Waals surface area contributed by atoms with Crippen LogP contribution in [0.25, 0.3) is 0 Å². The van der Waals surface area contributed by atoms with E-state index < -0.39 is 0 Å². The topological polar surface area (TPSA) is 47.6 Å². The maximum Gasteiger partial charge on any atom is 0.221 e. The second-order valence-electron chi connectivity index (χ2n) is 5.81. The summed E-state index contributed by atoms with van der Waals surface area (Å²) in [5.74, 6) is 0.956. The predicted molar refractivity (Wildman–Crippen MR) is 87.0 cm³/mol. The van der Waals surface area contributed by atoms with E-state index in [1.54, 1.807) is 11.8 Å². The number of carbonyl (C=O) groups excluding carboxylic acids is 1. The zero-order valence-electron chi connectivity index (χ0n) is 12.7. The van der Waals surface area contributed by atoms with E-state index in [2.05, 4.69) is 17.4 Å². The molecule has 1 aromatic carbocycles. The first kappa shape index (κ1) is 15.8. The van der Waals surface area contributed by atoms with Crippen LogP contribution in [0.3, 0.4) is 0 Å². The van der Waals surface area contributed by atoms with Gasteiger partial charge in [-0.25, -0.2) is 0 Å². The van der Waals surface area contributed by atoms with Gasteiger partial charge >= 0.3 is 0 Å². The Morgan fingerprint density at radius 3 is 2.73 bits per heavy atom. The zero-order chi connectivity index (χ0) is 15.2. The molecule has 0 aromatic heterocycles. The molecule has 1 amide bonds. The highest BCUT2D eigenvalue weighted by atomic mass is 32.2. The van der Waals surface area contributed by atoms with Crippen LogP contribution >= 0.6 is 11.8 Å². The highest BCUT2D eigenvalue weighted by Gasteiger charge is 2.34. The summed E-state index contributed by atoms with van der Waals surface area (Å²) in [6.07, 6.45) is 3.79. The first-order valence-electron chi connectivity index (χ1n) is 8.01. The molecular weight excluding hydrogens is 298 g/mol. The number of nitrogens with one attached hydrogen (secondary N) is 1. The van der Waals surface area contributed by atoms with Gasteiger partial charge in [0.2, 0.25) is 5.91 Å². The smallest absolute Gasteiger partial charge is 0.221 e. The van der Waals surface area contributed by atoms with E-state index in [0.29, 0.717) is 19.6 Å². The summed E-state index contributed by atoms with van der Waals surface area (Å²) in [7, 11) is 0. The fraction of sp³-hybridized carbons (Fsp3) is 0.588. The minimum Gasteiger partial charge on any atom is -0.373 e. The minimum absolute atomic E-state index is 0.142. The lowest BCUT2D eigenvalue weighted by molar-refractivity contribution is -0.158. The molecule has 5 heteroatoms. The molecule has 0 spiro atoms. The number of carbonyl (C=O) groups is 1. The normalized spacial score (nSPS) is 27.9. The van der Waals surface area contributed by atoms with Crippen molar-refractivity contribution in [3.05, 3.63) is 30.3 Å².